The molecule has 2 aromatic heterocycles. The molecule has 5 rings (SSSR count). The van der Waals surface area contributed by atoms with Crippen molar-refractivity contribution in [2.75, 3.05) is 46.5 Å². The summed E-state index contributed by atoms with van der Waals surface area (Å²) in [5.41, 5.74) is 3.24. The summed E-state index contributed by atoms with van der Waals surface area (Å²) in [7, 11) is -1.16. The molecule has 1 N–H and O–H groups in total. The topological polar surface area (TPSA) is 79.2 Å². The van der Waals surface area contributed by atoms with Gasteiger partial charge in [-0.3, -0.25) is 0 Å². The van der Waals surface area contributed by atoms with Gasteiger partial charge in [-0.1, -0.05) is 19.1 Å². The Balaban J connectivity index is 1.45. The highest BCUT2D eigenvalue weighted by Crippen LogP contribution is 2.35. The van der Waals surface area contributed by atoms with E-state index >= 15 is 0 Å². The lowest BCUT2D eigenvalue weighted by Crippen LogP contribution is -2.40. The quantitative estimate of drug-likeness (QED) is 0.447. The Bertz CT molecular complexity index is 1300. The average Bonchev–Trinajstić information content (AvgIpc) is 3.40. The Morgan fingerprint density at radius 2 is 1.82 bits per heavy atom. The Hall–Kier alpha value is -3.15. The van der Waals surface area contributed by atoms with Crippen molar-refractivity contribution in [1.82, 2.24) is 20.0 Å². The summed E-state index contributed by atoms with van der Waals surface area (Å²) in [6, 6.07) is 8.58. The van der Waals surface area contributed by atoms with E-state index in [1.54, 1.807) is 11.1 Å². The number of benzene rings is 1. The second-order valence-electron chi connectivity index (χ2n) is 10.0. The van der Waals surface area contributed by atoms with Crippen molar-refractivity contribution in [2.24, 2.45) is 5.92 Å². The highest BCUT2D eigenvalue weighted by atomic mass is 32.2. The third kappa shape index (κ3) is 5.79. The number of rotatable bonds is 7. The summed E-state index contributed by atoms with van der Waals surface area (Å²) in [6.07, 6.45) is 3.23. The molecule has 0 saturated carbocycles. The van der Waals surface area contributed by atoms with Crippen molar-refractivity contribution in [1.29, 1.82) is 0 Å². The molecule has 3 aromatic rings. The van der Waals surface area contributed by atoms with Crippen LogP contribution in [0.3, 0.4) is 0 Å². The maximum atomic E-state index is 14.6. The standard InChI is InChI=1S/C26H32F3N7OS/c1-3-38(37)32-19-4-5-20(23(16-19)34-12-8-18(2)9-13-34)22-17-36(33-31-22)24-7-6-21(27)25(30-24)35-14-10-26(28,29)11-15-35/h4-7,16-18,32H,3,8-15H2,1-2H3. The van der Waals surface area contributed by atoms with Gasteiger partial charge in [0, 0.05) is 61.7 Å². The van der Waals surface area contributed by atoms with Crippen LogP contribution < -0.4 is 14.5 Å². The fourth-order valence-electron chi connectivity index (χ4n) is 4.84. The first-order valence-electron chi connectivity index (χ1n) is 13.0. The highest BCUT2D eigenvalue weighted by molar-refractivity contribution is 7.86. The van der Waals surface area contributed by atoms with Crippen LogP contribution in [-0.4, -0.2) is 62.0 Å². The average molecular weight is 548 g/mol. The molecule has 2 aliphatic heterocycles. The fraction of sp³-hybridized carbons (Fsp3) is 0.500. The molecule has 0 spiro atoms. The van der Waals surface area contributed by atoms with E-state index in [0.29, 0.717) is 23.2 Å². The van der Waals surface area contributed by atoms with E-state index in [1.165, 1.54) is 16.8 Å². The first kappa shape index (κ1) is 26.5. The molecule has 0 aliphatic carbocycles. The predicted octanol–water partition coefficient (Wildman–Crippen LogP) is 5.04. The number of alkyl halides is 2. The SMILES string of the molecule is CCS(=O)Nc1ccc(-c2cn(-c3ccc(F)c(N4CCC(F)(F)CC4)n3)nn2)c(N2CCC(C)CC2)c1. The third-order valence-corrected chi connectivity index (χ3v) is 8.22. The molecule has 2 aliphatic rings. The first-order chi connectivity index (χ1) is 18.2. The summed E-state index contributed by atoms with van der Waals surface area (Å²) in [5.74, 6) is -1.74. The molecular formula is C26H32F3N7OS. The molecule has 1 aromatic carbocycles. The lowest BCUT2D eigenvalue weighted by molar-refractivity contribution is -0.0222. The summed E-state index contributed by atoms with van der Waals surface area (Å²) in [5, 5.41) is 8.63. The Morgan fingerprint density at radius 3 is 2.53 bits per heavy atom. The van der Waals surface area contributed by atoms with Crippen LogP contribution in [0, 0.1) is 11.7 Å². The van der Waals surface area contributed by atoms with E-state index < -0.39 is 22.7 Å². The number of hydrogen-bond acceptors (Lipinski definition) is 6. The summed E-state index contributed by atoms with van der Waals surface area (Å²) < 4.78 is 58.4. The lowest BCUT2D eigenvalue weighted by Gasteiger charge is -2.33. The third-order valence-electron chi connectivity index (χ3n) is 7.23. The number of halogens is 3. The Morgan fingerprint density at radius 1 is 1.08 bits per heavy atom. The van der Waals surface area contributed by atoms with Gasteiger partial charge in [0.15, 0.2) is 17.5 Å². The zero-order valence-corrected chi connectivity index (χ0v) is 22.4. The molecule has 12 heteroatoms. The maximum Gasteiger partial charge on any atom is 0.251 e. The smallest absolute Gasteiger partial charge is 0.251 e. The van der Waals surface area contributed by atoms with Crippen LogP contribution in [0.15, 0.2) is 36.5 Å². The molecule has 204 valence electrons. The maximum absolute atomic E-state index is 14.6. The molecule has 0 bridgehead atoms. The molecule has 8 nitrogen and oxygen atoms in total. The number of anilines is 3. The Labute approximate surface area is 222 Å². The molecule has 4 heterocycles. The van der Waals surface area contributed by atoms with Crippen LogP contribution in [0.2, 0.25) is 0 Å². The van der Waals surface area contributed by atoms with Crippen LogP contribution in [0.1, 0.15) is 39.5 Å². The zero-order chi connectivity index (χ0) is 26.9. The summed E-state index contributed by atoms with van der Waals surface area (Å²) in [6.45, 7) is 5.98. The number of pyridine rings is 1. The molecule has 0 amide bonds. The van der Waals surface area contributed by atoms with Crippen LogP contribution in [0.4, 0.5) is 30.4 Å². The second kappa shape index (κ2) is 10.9. The van der Waals surface area contributed by atoms with Crippen LogP contribution >= 0.6 is 0 Å². The Kier molecular flexibility index (Phi) is 7.60. The molecular weight excluding hydrogens is 515 g/mol. The first-order valence-corrected chi connectivity index (χ1v) is 14.3. The molecule has 1 atom stereocenters. The summed E-state index contributed by atoms with van der Waals surface area (Å²) >= 11 is 0. The van der Waals surface area contributed by atoms with Crippen molar-refractivity contribution in [2.45, 2.75) is 45.5 Å². The van der Waals surface area contributed by atoms with E-state index in [2.05, 4.69) is 31.8 Å². The minimum absolute atomic E-state index is 0.0317. The van der Waals surface area contributed by atoms with Crippen LogP contribution in [0.25, 0.3) is 17.1 Å². The molecule has 1 unspecified atom stereocenters. The molecule has 0 radical (unpaired) electrons. The minimum atomic E-state index is -2.73. The lowest BCUT2D eigenvalue weighted by atomic mass is 9.97. The number of piperidine rings is 2. The largest absolute Gasteiger partial charge is 0.371 e. The number of nitrogens with zero attached hydrogens (tertiary/aromatic N) is 6. The van der Waals surface area contributed by atoms with Crippen molar-refractivity contribution in [3.63, 3.8) is 0 Å². The van der Waals surface area contributed by atoms with Crippen molar-refractivity contribution >= 4 is 28.2 Å². The van der Waals surface area contributed by atoms with E-state index in [9.17, 15) is 17.4 Å². The highest BCUT2D eigenvalue weighted by Gasteiger charge is 2.35. The van der Waals surface area contributed by atoms with Crippen molar-refractivity contribution < 1.29 is 17.4 Å². The van der Waals surface area contributed by atoms with Gasteiger partial charge in [-0.2, -0.15) is 0 Å². The van der Waals surface area contributed by atoms with Crippen LogP contribution in [0.5, 0.6) is 0 Å². The van der Waals surface area contributed by atoms with Gasteiger partial charge in [-0.15, -0.1) is 5.10 Å². The van der Waals surface area contributed by atoms with Crippen molar-refractivity contribution in [3.05, 3.63) is 42.3 Å². The monoisotopic (exact) mass is 547 g/mol. The van der Waals surface area contributed by atoms with Crippen LogP contribution in [-0.2, 0) is 11.0 Å². The van der Waals surface area contributed by atoms with Gasteiger partial charge in [0.25, 0.3) is 5.92 Å². The molecule has 2 fully saturated rings. The molecule has 38 heavy (non-hydrogen) atoms. The van der Waals surface area contributed by atoms with Gasteiger partial charge in [0.05, 0.1) is 6.20 Å². The predicted molar refractivity (Wildman–Crippen MR) is 144 cm³/mol. The second-order valence-corrected chi connectivity index (χ2v) is 11.5. The normalized spacial score (nSPS) is 19.0. The van der Waals surface area contributed by atoms with Gasteiger partial charge in [-0.05, 0) is 49.1 Å². The minimum Gasteiger partial charge on any atom is -0.371 e. The fourth-order valence-corrected chi connectivity index (χ4v) is 5.38. The number of nitrogens with one attached hydrogen (secondary N) is 1. The number of aromatic nitrogens is 4. The summed E-state index contributed by atoms with van der Waals surface area (Å²) in [4.78, 5) is 8.28. The van der Waals surface area contributed by atoms with Gasteiger partial charge in [-0.25, -0.2) is 27.0 Å². The van der Waals surface area contributed by atoms with E-state index in [4.69, 9.17) is 0 Å². The van der Waals surface area contributed by atoms with Gasteiger partial charge in [0.2, 0.25) is 0 Å². The van der Waals surface area contributed by atoms with E-state index in [1.807, 2.05) is 25.1 Å². The van der Waals surface area contributed by atoms with Crippen molar-refractivity contribution in [3.8, 4) is 17.1 Å². The van der Waals surface area contributed by atoms with Gasteiger partial charge < -0.3 is 14.5 Å². The zero-order valence-electron chi connectivity index (χ0n) is 21.5. The van der Waals surface area contributed by atoms with E-state index in [-0.39, 0.29) is 31.7 Å². The van der Waals surface area contributed by atoms with E-state index in [0.717, 1.165) is 42.9 Å². The number of hydrogen-bond donors (Lipinski definition) is 1. The van der Waals surface area contributed by atoms with Gasteiger partial charge in [0.1, 0.15) is 16.7 Å². The molecule has 2 saturated heterocycles. The van der Waals surface area contributed by atoms with Gasteiger partial charge >= 0.3 is 0 Å².